The Morgan fingerprint density at radius 1 is 1.09 bits per heavy atom. The number of alkyl halides is 2. The van der Waals surface area contributed by atoms with Crippen LogP contribution in [0.25, 0.3) is 10.9 Å². The highest BCUT2D eigenvalue weighted by atomic mass is 19.3. The maximum absolute atomic E-state index is 12.7. The molecular weight excluding hydrogens is 448 g/mol. The second kappa shape index (κ2) is 11.3. The van der Waals surface area contributed by atoms with Gasteiger partial charge in [0.1, 0.15) is 11.8 Å². The van der Waals surface area contributed by atoms with Crippen molar-refractivity contribution in [1.82, 2.24) is 15.2 Å². The molecule has 0 saturated carbocycles. The Morgan fingerprint density at radius 2 is 1.79 bits per heavy atom. The van der Waals surface area contributed by atoms with E-state index in [-0.39, 0.29) is 18.7 Å². The van der Waals surface area contributed by atoms with E-state index in [4.69, 9.17) is 4.74 Å². The van der Waals surface area contributed by atoms with E-state index in [9.17, 15) is 23.2 Å². The molecule has 2 N–H and O–H groups in total. The minimum atomic E-state index is -2.91. The van der Waals surface area contributed by atoms with E-state index in [1.54, 1.807) is 18.3 Å². The van der Waals surface area contributed by atoms with E-state index in [0.29, 0.717) is 5.56 Å². The third-order valence-corrected chi connectivity index (χ3v) is 5.09. The van der Waals surface area contributed by atoms with Crippen molar-refractivity contribution in [3.63, 3.8) is 0 Å². The number of para-hydroxylation sites is 1. The van der Waals surface area contributed by atoms with Crippen LogP contribution in [-0.2, 0) is 32.1 Å². The third-order valence-electron chi connectivity index (χ3n) is 5.09. The fourth-order valence-corrected chi connectivity index (χ4v) is 3.44. The summed E-state index contributed by atoms with van der Waals surface area (Å²) < 4.78 is 34.0. The van der Waals surface area contributed by atoms with Crippen molar-refractivity contribution in [2.24, 2.45) is 0 Å². The highest BCUT2D eigenvalue weighted by molar-refractivity contribution is 5.88. The van der Waals surface area contributed by atoms with Crippen LogP contribution in [0.3, 0.4) is 0 Å². The maximum atomic E-state index is 12.7. The van der Waals surface area contributed by atoms with Crippen LogP contribution in [0, 0.1) is 0 Å². The number of aromatic amines is 1. The minimum Gasteiger partial charge on any atom is -0.454 e. The molecule has 0 saturated heterocycles. The number of carbonyl (C=O) groups excluding carboxylic acids is 3. The molecule has 0 aliphatic carbocycles. The number of ether oxygens (including phenoxy) is 2. The summed E-state index contributed by atoms with van der Waals surface area (Å²) in [6.45, 7) is -1.95. The lowest BCUT2D eigenvalue weighted by atomic mass is 10.0. The lowest BCUT2D eigenvalue weighted by Gasteiger charge is -2.20. The van der Waals surface area contributed by atoms with E-state index >= 15 is 0 Å². The molecule has 1 unspecified atom stereocenters. The Kier molecular flexibility index (Phi) is 8.18. The van der Waals surface area contributed by atoms with Gasteiger partial charge in [0, 0.05) is 44.0 Å². The Morgan fingerprint density at radius 3 is 2.47 bits per heavy atom. The first kappa shape index (κ1) is 24.7. The van der Waals surface area contributed by atoms with Crippen molar-refractivity contribution in [2.75, 3.05) is 13.7 Å². The summed E-state index contributed by atoms with van der Waals surface area (Å²) in [6.07, 6.45) is 1.96. The number of halogens is 2. The van der Waals surface area contributed by atoms with Gasteiger partial charge in [-0.25, -0.2) is 4.79 Å². The Bertz CT molecular complexity index is 1150. The number of nitrogens with one attached hydrogen (secondary N) is 2. The van der Waals surface area contributed by atoms with Gasteiger partial charge in [-0.3, -0.25) is 9.59 Å². The summed E-state index contributed by atoms with van der Waals surface area (Å²) >= 11 is 0. The number of aromatic nitrogens is 1. The van der Waals surface area contributed by atoms with Crippen LogP contribution in [0.4, 0.5) is 8.78 Å². The summed E-state index contributed by atoms with van der Waals surface area (Å²) in [5, 5.41) is 3.50. The number of hydrogen-bond acceptors (Lipinski definition) is 5. The molecule has 3 rings (SSSR count). The van der Waals surface area contributed by atoms with Gasteiger partial charge in [0.05, 0.1) is 0 Å². The second-order valence-corrected chi connectivity index (χ2v) is 7.70. The fourth-order valence-electron chi connectivity index (χ4n) is 3.44. The molecule has 0 bridgehead atoms. The average Bonchev–Trinajstić information content (AvgIpc) is 3.20. The predicted octanol–water partition coefficient (Wildman–Crippen LogP) is 3.02. The predicted molar refractivity (Wildman–Crippen MR) is 120 cm³/mol. The average molecular weight is 473 g/mol. The van der Waals surface area contributed by atoms with Gasteiger partial charge in [0.2, 0.25) is 5.91 Å². The zero-order chi connectivity index (χ0) is 24.7. The van der Waals surface area contributed by atoms with E-state index in [1.807, 2.05) is 24.3 Å². The molecular formula is C24H25F2N3O5. The molecule has 0 fully saturated rings. The lowest BCUT2D eigenvalue weighted by molar-refractivity contribution is -0.154. The summed E-state index contributed by atoms with van der Waals surface area (Å²) in [7, 11) is 1.52. The van der Waals surface area contributed by atoms with Gasteiger partial charge >= 0.3 is 12.6 Å². The van der Waals surface area contributed by atoms with Crippen molar-refractivity contribution in [3.05, 3.63) is 65.9 Å². The number of rotatable bonds is 10. The largest absolute Gasteiger partial charge is 0.454 e. The standard InChI is InChI=1S/C24H25F2N3O5/c1-15(30)28-21(11-17-12-27-20-6-4-3-5-19(17)20)23(32)33-14-22(31)29(2)13-16-7-9-18(10-8-16)34-24(25)26/h3-10,12,21,24,27H,11,13-14H2,1-2H3,(H,28,30). The van der Waals surface area contributed by atoms with Crippen LogP contribution in [0.1, 0.15) is 18.1 Å². The Balaban J connectivity index is 1.56. The first-order valence-electron chi connectivity index (χ1n) is 10.5. The zero-order valence-electron chi connectivity index (χ0n) is 18.7. The molecule has 2 amide bonds. The lowest BCUT2D eigenvalue weighted by Crippen LogP contribution is -2.43. The van der Waals surface area contributed by atoms with Gasteiger partial charge < -0.3 is 24.7 Å². The van der Waals surface area contributed by atoms with Crippen LogP contribution in [0.5, 0.6) is 5.75 Å². The monoisotopic (exact) mass is 473 g/mol. The number of fused-ring (bicyclic) bond motifs is 1. The van der Waals surface area contributed by atoms with E-state index in [2.05, 4.69) is 15.0 Å². The number of benzene rings is 2. The van der Waals surface area contributed by atoms with Gasteiger partial charge in [0.15, 0.2) is 6.61 Å². The summed E-state index contributed by atoms with van der Waals surface area (Å²) in [4.78, 5) is 41.2. The van der Waals surface area contributed by atoms with Crippen LogP contribution in [-0.4, -0.2) is 54.0 Å². The van der Waals surface area contributed by atoms with Crippen molar-refractivity contribution in [1.29, 1.82) is 0 Å². The number of amides is 2. The van der Waals surface area contributed by atoms with Crippen molar-refractivity contribution < 1.29 is 32.6 Å². The maximum Gasteiger partial charge on any atom is 0.387 e. The summed E-state index contributed by atoms with van der Waals surface area (Å²) in [5.41, 5.74) is 2.41. The SMILES string of the molecule is CC(=O)NC(Cc1c[nH]c2ccccc12)C(=O)OCC(=O)N(C)Cc1ccc(OC(F)F)cc1. The molecule has 0 radical (unpaired) electrons. The second-order valence-electron chi connectivity index (χ2n) is 7.70. The topological polar surface area (TPSA) is 101 Å². The highest BCUT2D eigenvalue weighted by Gasteiger charge is 2.24. The van der Waals surface area contributed by atoms with Gasteiger partial charge in [-0.2, -0.15) is 8.78 Å². The molecule has 8 nitrogen and oxygen atoms in total. The molecule has 1 heterocycles. The molecule has 10 heteroatoms. The van der Waals surface area contributed by atoms with Gasteiger partial charge in [-0.15, -0.1) is 0 Å². The van der Waals surface area contributed by atoms with Gasteiger partial charge in [-0.1, -0.05) is 30.3 Å². The minimum absolute atomic E-state index is 0.0147. The number of esters is 1. The van der Waals surface area contributed by atoms with Crippen LogP contribution < -0.4 is 10.1 Å². The third kappa shape index (κ3) is 6.77. The van der Waals surface area contributed by atoms with E-state index in [0.717, 1.165) is 16.5 Å². The first-order valence-corrected chi connectivity index (χ1v) is 10.5. The zero-order valence-corrected chi connectivity index (χ0v) is 18.7. The fraction of sp³-hybridized carbons (Fsp3) is 0.292. The molecule has 34 heavy (non-hydrogen) atoms. The molecule has 2 aromatic carbocycles. The van der Waals surface area contributed by atoms with Crippen molar-refractivity contribution in [3.8, 4) is 5.75 Å². The van der Waals surface area contributed by atoms with Gasteiger partial charge in [-0.05, 0) is 29.3 Å². The van der Waals surface area contributed by atoms with E-state index < -0.39 is 37.0 Å². The number of likely N-dealkylation sites (N-methyl/N-ethyl adjacent to an activating group) is 1. The number of H-pyrrole nitrogens is 1. The van der Waals surface area contributed by atoms with E-state index in [1.165, 1.54) is 31.0 Å². The molecule has 3 aromatic rings. The van der Waals surface area contributed by atoms with Crippen molar-refractivity contribution in [2.45, 2.75) is 32.5 Å². The smallest absolute Gasteiger partial charge is 0.387 e. The molecule has 0 aliphatic rings. The van der Waals surface area contributed by atoms with Crippen LogP contribution in [0.15, 0.2) is 54.7 Å². The van der Waals surface area contributed by atoms with Crippen LogP contribution in [0.2, 0.25) is 0 Å². The number of carbonyl (C=O) groups is 3. The Labute approximate surface area is 194 Å². The normalized spacial score (nSPS) is 11.8. The van der Waals surface area contributed by atoms with Crippen LogP contribution >= 0.6 is 0 Å². The molecule has 1 aromatic heterocycles. The first-order chi connectivity index (χ1) is 16.2. The molecule has 0 aliphatic heterocycles. The summed E-state index contributed by atoms with van der Waals surface area (Å²) in [5.74, 6) is -1.57. The Hall–Kier alpha value is -3.95. The molecule has 180 valence electrons. The number of nitrogens with zero attached hydrogens (tertiary/aromatic N) is 1. The van der Waals surface area contributed by atoms with Gasteiger partial charge in [0.25, 0.3) is 5.91 Å². The molecule has 0 spiro atoms. The quantitative estimate of drug-likeness (QED) is 0.441. The molecule has 1 atom stereocenters. The summed E-state index contributed by atoms with van der Waals surface area (Å²) in [6, 6.07) is 12.5. The number of hydrogen-bond donors (Lipinski definition) is 2. The highest BCUT2D eigenvalue weighted by Crippen LogP contribution is 2.20. The van der Waals surface area contributed by atoms with Crippen molar-refractivity contribution >= 4 is 28.7 Å².